The molecule has 150 valence electrons. The van der Waals surface area contributed by atoms with Gasteiger partial charge in [-0.05, 0) is 36.2 Å². The summed E-state index contributed by atoms with van der Waals surface area (Å²) >= 11 is 0. The third kappa shape index (κ3) is 4.35. The molecule has 1 amide bonds. The van der Waals surface area contributed by atoms with Gasteiger partial charge in [-0.1, -0.05) is 42.5 Å². The smallest absolute Gasteiger partial charge is 0.276 e. The summed E-state index contributed by atoms with van der Waals surface area (Å²) in [6, 6.07) is 20.6. The minimum atomic E-state index is -0.495. The molecule has 2 aromatic heterocycles. The number of carbonyl (C=O) groups excluding carboxylic acids is 1. The summed E-state index contributed by atoms with van der Waals surface area (Å²) in [7, 11) is 0. The van der Waals surface area contributed by atoms with Crippen LogP contribution in [-0.4, -0.2) is 25.5 Å². The molecule has 7 nitrogen and oxygen atoms in total. The average Bonchev–Trinajstić information content (AvgIpc) is 3.27. The lowest BCUT2D eigenvalue weighted by atomic mass is 10.1. The molecule has 1 N–H and O–H groups in total. The molecule has 2 heterocycles. The molecule has 0 spiro atoms. The Labute approximate surface area is 173 Å². The molecule has 2 aromatic carbocycles. The zero-order chi connectivity index (χ0) is 20.9. The third-order valence-corrected chi connectivity index (χ3v) is 4.70. The van der Waals surface area contributed by atoms with E-state index in [1.807, 2.05) is 71.5 Å². The van der Waals surface area contributed by atoms with Gasteiger partial charge in [0, 0.05) is 30.7 Å². The summed E-state index contributed by atoms with van der Waals surface area (Å²) in [5.41, 5.74) is 2.97. The Hall–Kier alpha value is -4.00. The number of nitrogens with one attached hydrogen (secondary N) is 1. The molecule has 4 rings (SSSR count). The molecule has 0 aliphatic carbocycles. The summed E-state index contributed by atoms with van der Waals surface area (Å²) in [5.74, 6) is -0.495. The first kappa shape index (κ1) is 19.3. The largest absolute Gasteiger partial charge is 0.346 e. The fraction of sp³-hybridized carbons (Fsp3) is 0.130. The second-order valence-electron chi connectivity index (χ2n) is 6.95. The average molecular weight is 399 g/mol. The van der Waals surface area contributed by atoms with Crippen molar-refractivity contribution in [1.82, 2.24) is 24.9 Å². The number of aryl methyl sites for hydroxylation is 1. The molecule has 7 heteroatoms. The molecule has 0 radical (unpaired) electrons. The minimum absolute atomic E-state index is 0.125. The number of nitrogens with zero attached hydrogens (tertiary/aromatic N) is 4. The van der Waals surface area contributed by atoms with Gasteiger partial charge in [-0.3, -0.25) is 14.3 Å². The number of hydrogen-bond acceptors (Lipinski definition) is 4. The number of para-hydroxylation sites is 1. The number of rotatable bonds is 6. The van der Waals surface area contributed by atoms with Crippen molar-refractivity contribution in [2.24, 2.45) is 0 Å². The van der Waals surface area contributed by atoms with E-state index in [0.717, 1.165) is 16.8 Å². The van der Waals surface area contributed by atoms with E-state index in [1.165, 1.54) is 6.07 Å². The van der Waals surface area contributed by atoms with Crippen molar-refractivity contribution in [3.8, 4) is 5.69 Å². The van der Waals surface area contributed by atoms with Crippen LogP contribution in [0.4, 0.5) is 0 Å². The van der Waals surface area contributed by atoms with Gasteiger partial charge in [-0.15, -0.1) is 0 Å². The maximum Gasteiger partial charge on any atom is 0.276 e. The number of benzene rings is 2. The molecular formula is C23H21N5O2. The quantitative estimate of drug-likeness (QED) is 0.541. The molecule has 0 aliphatic rings. The standard InChI is InChI=1S/C23H21N5O2/c1-17-14-21(29)22(26-28(17)20-6-3-2-4-7-20)23(30)24-15-18-8-10-19(11-9-18)16-27-13-5-12-25-27/h2-14H,15-16H2,1H3,(H,24,30). The van der Waals surface area contributed by atoms with Crippen LogP contribution in [0.2, 0.25) is 0 Å². The first-order valence-electron chi connectivity index (χ1n) is 9.60. The molecule has 0 saturated carbocycles. The first-order chi connectivity index (χ1) is 14.6. The molecule has 0 fully saturated rings. The van der Waals surface area contributed by atoms with Crippen molar-refractivity contribution >= 4 is 5.91 Å². The zero-order valence-corrected chi connectivity index (χ0v) is 16.5. The van der Waals surface area contributed by atoms with Gasteiger partial charge < -0.3 is 5.32 Å². The van der Waals surface area contributed by atoms with E-state index in [2.05, 4.69) is 15.5 Å². The highest BCUT2D eigenvalue weighted by Crippen LogP contribution is 2.09. The van der Waals surface area contributed by atoms with E-state index < -0.39 is 11.3 Å². The van der Waals surface area contributed by atoms with Crippen LogP contribution in [0.15, 0.2) is 83.9 Å². The van der Waals surface area contributed by atoms with Crippen LogP contribution in [0, 0.1) is 6.92 Å². The van der Waals surface area contributed by atoms with Crippen molar-refractivity contribution in [3.63, 3.8) is 0 Å². The van der Waals surface area contributed by atoms with Gasteiger partial charge in [-0.2, -0.15) is 10.2 Å². The van der Waals surface area contributed by atoms with Gasteiger partial charge in [0.05, 0.1) is 12.2 Å². The highest BCUT2D eigenvalue weighted by atomic mass is 16.2. The first-order valence-corrected chi connectivity index (χ1v) is 9.60. The van der Waals surface area contributed by atoms with Gasteiger partial charge in [0.1, 0.15) is 0 Å². The number of hydrogen-bond donors (Lipinski definition) is 1. The van der Waals surface area contributed by atoms with E-state index in [0.29, 0.717) is 18.8 Å². The van der Waals surface area contributed by atoms with Crippen LogP contribution in [0.25, 0.3) is 5.69 Å². The summed E-state index contributed by atoms with van der Waals surface area (Å²) < 4.78 is 3.44. The van der Waals surface area contributed by atoms with E-state index in [9.17, 15) is 9.59 Å². The fourth-order valence-electron chi connectivity index (χ4n) is 3.14. The van der Waals surface area contributed by atoms with Crippen LogP contribution < -0.4 is 10.7 Å². The molecule has 4 aromatic rings. The van der Waals surface area contributed by atoms with Crippen molar-refractivity contribution in [3.05, 3.63) is 112 Å². The van der Waals surface area contributed by atoms with Gasteiger partial charge in [0.15, 0.2) is 5.69 Å². The number of carbonyl (C=O) groups is 1. The molecule has 30 heavy (non-hydrogen) atoms. The Morgan fingerprint density at radius 1 is 1.00 bits per heavy atom. The van der Waals surface area contributed by atoms with Crippen LogP contribution >= 0.6 is 0 Å². The summed E-state index contributed by atoms with van der Waals surface area (Å²) in [5, 5.41) is 11.3. The maximum atomic E-state index is 12.6. The minimum Gasteiger partial charge on any atom is -0.346 e. The number of amides is 1. The molecule has 0 bridgehead atoms. The summed E-state index contributed by atoms with van der Waals surface area (Å²) in [6.45, 7) is 2.78. The molecule has 0 saturated heterocycles. The van der Waals surface area contributed by atoms with Crippen molar-refractivity contribution in [2.75, 3.05) is 0 Å². The topological polar surface area (TPSA) is 81.8 Å². The SMILES string of the molecule is Cc1cc(=O)c(C(=O)NCc2ccc(Cn3cccn3)cc2)nn1-c1ccccc1. The van der Waals surface area contributed by atoms with Gasteiger partial charge in [-0.25, -0.2) is 4.68 Å². The van der Waals surface area contributed by atoms with E-state index >= 15 is 0 Å². The second-order valence-corrected chi connectivity index (χ2v) is 6.95. The Morgan fingerprint density at radius 3 is 2.43 bits per heavy atom. The fourth-order valence-corrected chi connectivity index (χ4v) is 3.14. The second kappa shape index (κ2) is 8.57. The van der Waals surface area contributed by atoms with Crippen LogP contribution in [-0.2, 0) is 13.1 Å². The predicted molar refractivity (Wildman–Crippen MR) is 114 cm³/mol. The number of aromatic nitrogens is 4. The van der Waals surface area contributed by atoms with Crippen LogP contribution in [0.5, 0.6) is 0 Å². The van der Waals surface area contributed by atoms with E-state index in [1.54, 1.807) is 17.8 Å². The monoisotopic (exact) mass is 399 g/mol. The normalized spacial score (nSPS) is 10.7. The Morgan fingerprint density at radius 2 is 1.73 bits per heavy atom. The van der Waals surface area contributed by atoms with Crippen molar-refractivity contribution in [2.45, 2.75) is 20.0 Å². The maximum absolute atomic E-state index is 12.6. The lowest BCUT2D eigenvalue weighted by Crippen LogP contribution is -2.31. The zero-order valence-electron chi connectivity index (χ0n) is 16.5. The Bertz CT molecular complexity index is 1200. The third-order valence-electron chi connectivity index (χ3n) is 4.70. The van der Waals surface area contributed by atoms with Gasteiger partial charge in [0.25, 0.3) is 5.91 Å². The highest BCUT2D eigenvalue weighted by molar-refractivity contribution is 5.92. The Balaban J connectivity index is 1.46. The predicted octanol–water partition coefficient (Wildman–Crippen LogP) is 2.72. The molecule has 0 aliphatic heterocycles. The van der Waals surface area contributed by atoms with E-state index in [4.69, 9.17) is 0 Å². The molecule has 0 unspecified atom stereocenters. The van der Waals surface area contributed by atoms with E-state index in [-0.39, 0.29) is 5.69 Å². The lowest BCUT2D eigenvalue weighted by Gasteiger charge is -2.11. The summed E-state index contributed by atoms with van der Waals surface area (Å²) in [4.78, 5) is 24.9. The Kier molecular flexibility index (Phi) is 5.52. The molecule has 0 atom stereocenters. The van der Waals surface area contributed by atoms with Crippen molar-refractivity contribution < 1.29 is 4.79 Å². The van der Waals surface area contributed by atoms with Crippen LogP contribution in [0.1, 0.15) is 27.3 Å². The van der Waals surface area contributed by atoms with Crippen LogP contribution in [0.3, 0.4) is 0 Å². The highest BCUT2D eigenvalue weighted by Gasteiger charge is 2.15. The molecular weight excluding hydrogens is 378 g/mol. The van der Waals surface area contributed by atoms with Gasteiger partial charge in [0.2, 0.25) is 5.43 Å². The summed E-state index contributed by atoms with van der Waals surface area (Å²) in [6.07, 6.45) is 3.65. The lowest BCUT2D eigenvalue weighted by molar-refractivity contribution is 0.0943. The van der Waals surface area contributed by atoms with Gasteiger partial charge >= 0.3 is 0 Å². The van der Waals surface area contributed by atoms with Crippen molar-refractivity contribution in [1.29, 1.82) is 0 Å².